The van der Waals surface area contributed by atoms with Crippen molar-refractivity contribution in [1.82, 2.24) is 19.9 Å². The third kappa shape index (κ3) is 2.84. The maximum Gasteiger partial charge on any atom is 0.302 e. The molecule has 0 bridgehead atoms. The smallest absolute Gasteiger partial charge is 0.302 e. The molecule has 2 atom stereocenters. The van der Waals surface area contributed by atoms with Gasteiger partial charge in [0.1, 0.15) is 20.5 Å². The van der Waals surface area contributed by atoms with E-state index in [4.69, 9.17) is 27.1 Å². The molecule has 7 heteroatoms. The van der Waals surface area contributed by atoms with Crippen LogP contribution in [0.5, 0.6) is 0 Å². The van der Waals surface area contributed by atoms with Crippen molar-refractivity contribution >= 4 is 22.8 Å². The molecule has 1 aliphatic heterocycles. The highest BCUT2D eigenvalue weighted by Crippen LogP contribution is 2.28. The lowest BCUT2D eigenvalue weighted by atomic mass is 9.92. The molecule has 3 heterocycles. The van der Waals surface area contributed by atoms with Crippen LogP contribution in [0.1, 0.15) is 33.8 Å². The number of aromatic nitrogens is 3. The second-order valence-corrected chi connectivity index (χ2v) is 4.35. The van der Waals surface area contributed by atoms with Crippen LogP contribution in [0.15, 0.2) is 18.6 Å². The second-order valence-electron chi connectivity index (χ2n) is 4.35. The molecule has 0 aliphatic carbocycles. The molecule has 3 rings (SSSR count). The summed E-state index contributed by atoms with van der Waals surface area (Å²) in [6.07, 6.45) is -1.99. The number of nitrogens with one attached hydrogen (secondary N) is 1. The lowest BCUT2D eigenvalue weighted by Crippen LogP contribution is -2.53. The van der Waals surface area contributed by atoms with E-state index in [0.717, 1.165) is 6.33 Å². The van der Waals surface area contributed by atoms with Gasteiger partial charge in [-0.25, -0.2) is 16.5 Å². The van der Waals surface area contributed by atoms with Crippen LogP contribution >= 0.6 is 0 Å². The molecule has 1 saturated heterocycles. The van der Waals surface area contributed by atoms with Gasteiger partial charge in [0, 0.05) is 41.2 Å². The van der Waals surface area contributed by atoms with Crippen LogP contribution < -0.4 is 4.90 Å². The van der Waals surface area contributed by atoms with Crippen molar-refractivity contribution in [2.24, 2.45) is 5.89 Å². The molecule has 1 fully saturated rings. The van der Waals surface area contributed by atoms with Crippen LogP contribution in [0.25, 0.3) is 15.9 Å². The molecule has 0 saturated carbocycles. The van der Waals surface area contributed by atoms with Gasteiger partial charge in [0.25, 0.3) is 6.50 Å². The number of hydrogen-bond acceptors (Lipinski definition) is 4. The molecule has 2 aromatic heterocycles. The van der Waals surface area contributed by atoms with E-state index in [0.29, 0.717) is 0 Å². The van der Waals surface area contributed by atoms with Crippen molar-refractivity contribution in [3.05, 3.63) is 30.0 Å². The maximum atomic E-state index is 13.1. The summed E-state index contributed by atoms with van der Waals surface area (Å²) in [5.41, 5.74) is -0.0132. The monoisotopic (exact) mass is 327 g/mol. The molecule has 0 aromatic carbocycles. The molecule has 0 unspecified atom stereocenters. The Kier molecular flexibility index (Phi) is 1.49. The minimum absolute atomic E-state index is 0.00895. The lowest BCUT2D eigenvalue weighted by molar-refractivity contribution is -0.130. The Balaban J connectivity index is 2.54. The van der Waals surface area contributed by atoms with Crippen molar-refractivity contribution in [3.8, 4) is 0 Å². The number of likely N-dealkylation sites (tertiary alicyclic amines) is 1. The minimum atomic E-state index is -4.09. The van der Waals surface area contributed by atoms with Gasteiger partial charge in [-0.15, -0.1) is 0 Å². The second kappa shape index (κ2) is 6.24. The highest BCUT2D eigenvalue weighted by Gasteiger charge is 2.33. The van der Waals surface area contributed by atoms with E-state index < -0.39 is 68.3 Å². The number of H-pyrrole nitrogens is 1. The van der Waals surface area contributed by atoms with Crippen LogP contribution in [0.4, 0.5) is 5.82 Å². The average molecular weight is 327 g/mol. The lowest BCUT2D eigenvalue weighted by Gasteiger charge is -2.41. The number of amides is 1. The van der Waals surface area contributed by atoms with Crippen molar-refractivity contribution in [2.75, 3.05) is 31.4 Å². The number of likely N-dealkylation sites (N-methyl/N-ethyl adjacent to an activating group) is 1. The van der Waals surface area contributed by atoms with Crippen LogP contribution in [-0.4, -0.2) is 58.3 Å². The van der Waals surface area contributed by atoms with Gasteiger partial charge in [-0.05, 0) is 18.3 Å². The number of nitrogens with zero attached hydrogens (tertiary/aromatic N) is 5. The Morgan fingerprint density at radius 1 is 1.78 bits per heavy atom. The number of carbonyl (C=O) groups excluding carboxylic acids is 1. The molecule has 120 valence electrons. The third-order valence-corrected chi connectivity index (χ3v) is 3.00. The zero-order valence-corrected chi connectivity index (χ0v) is 11.5. The summed E-state index contributed by atoms with van der Waals surface area (Å²) >= 11 is 0. The van der Waals surface area contributed by atoms with Gasteiger partial charge in [0.15, 0.2) is 0 Å². The number of carbonyl (C=O) groups is 1. The Morgan fingerprint density at radius 3 is 3.48 bits per heavy atom. The molecule has 1 amide bonds. The average Bonchev–Trinajstić information content (AvgIpc) is 3.23. The summed E-state index contributed by atoms with van der Waals surface area (Å²) in [7, 11) is 0. The first-order valence-corrected chi connectivity index (χ1v) is 6.23. The molecular weight excluding hydrogens is 292 g/mol. The summed E-state index contributed by atoms with van der Waals surface area (Å²) in [5.74, 6) is -6.93. The zero-order chi connectivity index (χ0) is 29.5. The van der Waals surface area contributed by atoms with Gasteiger partial charge in [-0.2, -0.15) is 0 Å². The summed E-state index contributed by atoms with van der Waals surface area (Å²) in [6.45, 7) is -12.3. The van der Waals surface area contributed by atoms with Gasteiger partial charge in [0.2, 0.25) is 0 Å². The van der Waals surface area contributed by atoms with Crippen molar-refractivity contribution < 1.29 is 25.4 Å². The number of fused-ring (bicyclic) bond motifs is 1. The van der Waals surface area contributed by atoms with Gasteiger partial charge >= 0.3 is 5.91 Å². The summed E-state index contributed by atoms with van der Waals surface area (Å²) in [4.78, 5) is 25.1. The van der Waals surface area contributed by atoms with Gasteiger partial charge < -0.3 is 19.6 Å². The molecule has 2 aromatic rings. The van der Waals surface area contributed by atoms with E-state index in [-0.39, 0.29) is 15.9 Å². The largest absolute Gasteiger partial charge is 0.354 e. The van der Waals surface area contributed by atoms with Crippen LogP contribution in [0, 0.1) is 12.5 Å². The number of anilines is 1. The number of rotatable bonds is 3. The Bertz CT molecular complexity index is 1290. The summed E-state index contributed by atoms with van der Waals surface area (Å²) in [6, 6.07) is -1.84. The number of hydrogen-bond donors (Lipinski definition) is 1. The van der Waals surface area contributed by atoms with Crippen LogP contribution in [0.3, 0.4) is 0 Å². The molecule has 1 aliphatic rings. The first-order valence-electron chi connectivity index (χ1n) is 13.7. The molecular formula is C16H20N6O. The third-order valence-electron chi connectivity index (χ3n) is 3.00. The molecule has 0 spiro atoms. The highest BCUT2D eigenvalue weighted by atomic mass is 16.2. The summed E-state index contributed by atoms with van der Waals surface area (Å²) < 4.78 is 123. The van der Waals surface area contributed by atoms with Gasteiger partial charge in [-0.1, -0.05) is 6.85 Å². The highest BCUT2D eigenvalue weighted by molar-refractivity contribution is 5.87. The Labute approximate surface area is 156 Å². The normalized spacial score (nSPS) is 42.3. The fourth-order valence-corrected chi connectivity index (χ4v) is 1.97. The number of piperidine rings is 1. The van der Waals surface area contributed by atoms with Crippen molar-refractivity contribution in [2.45, 2.75) is 19.3 Å². The van der Waals surface area contributed by atoms with E-state index >= 15 is 0 Å². The van der Waals surface area contributed by atoms with E-state index in [1.54, 1.807) is 0 Å². The predicted molar refractivity (Wildman–Crippen MR) is 87.9 cm³/mol. The molecule has 0 radical (unpaired) electrons. The van der Waals surface area contributed by atoms with Gasteiger partial charge in [0.05, 0.1) is 14.2 Å². The minimum Gasteiger partial charge on any atom is -0.354 e. The molecule has 1 N–H and O–H groups in total. The quantitative estimate of drug-likeness (QED) is 0.869. The van der Waals surface area contributed by atoms with E-state index in [1.165, 1.54) is 12.3 Å². The van der Waals surface area contributed by atoms with E-state index in [2.05, 4.69) is 19.8 Å². The maximum absolute atomic E-state index is 13.1. The summed E-state index contributed by atoms with van der Waals surface area (Å²) in [5, 5.41) is -0.129. The first kappa shape index (κ1) is 5.48. The fraction of sp³-hybridized carbons (Fsp3) is 0.500. The predicted octanol–water partition coefficient (Wildman–Crippen LogP) is 1.55. The Hall–Kier alpha value is -2.62. The standard InChI is InChI=1S/C16H20N6O/c1-11-5-7-22(14(23)8-17-2)9-13(11)21(3)16-12-4-6-18-15(12)19-10-20-16/h4,6,10-11,13H,5,7-9H2,1,3H3,(H,18,19,20)/t11-,13+/m1/s1/i1D3,3D3,5D2,7D2,8D2,9D2,11D. The topological polar surface area (TPSA) is 69.5 Å². The molecule has 23 heavy (non-hydrogen) atoms. The van der Waals surface area contributed by atoms with Crippen LogP contribution in [-0.2, 0) is 4.79 Å². The fourth-order valence-electron chi connectivity index (χ4n) is 1.97. The van der Waals surface area contributed by atoms with E-state index in [1.807, 2.05) is 0 Å². The van der Waals surface area contributed by atoms with Crippen LogP contribution in [0.2, 0.25) is 0 Å². The van der Waals surface area contributed by atoms with Crippen molar-refractivity contribution in [1.29, 1.82) is 0 Å². The number of aromatic amines is 1. The Morgan fingerprint density at radius 2 is 2.70 bits per heavy atom. The van der Waals surface area contributed by atoms with Gasteiger partial charge in [-0.3, -0.25) is 4.79 Å². The SMILES string of the molecule is [2H]C([2H])([N+]#[C-])C(=O)N1C([2H])([2H])[C@H](N(c2ncnc3[nH]ccc23)C([2H])([2H])[2H])[C@]([2H])(C([2H])([2H])[2H])C([2H])([2H])C1([2H])[2H]. The van der Waals surface area contributed by atoms with E-state index in [9.17, 15) is 4.79 Å². The molecule has 7 nitrogen and oxygen atoms in total. The zero-order valence-electron chi connectivity index (χ0n) is 26.5. The van der Waals surface area contributed by atoms with Crippen molar-refractivity contribution in [3.63, 3.8) is 0 Å². The first-order chi connectivity index (χ1) is 16.9.